The molecule has 0 saturated heterocycles. The molecular weight excluding hydrogens is 270 g/mol. The number of terminal acetylenes is 1. The maximum Gasteiger partial charge on any atom is 0.262 e. The number of aryl methyl sites for hydroxylation is 2. The van der Waals surface area contributed by atoms with E-state index in [1.165, 1.54) is 0 Å². The molecule has 0 aromatic heterocycles. The Labute approximate surface area is 119 Å². The van der Waals surface area contributed by atoms with Crippen LogP contribution in [0.25, 0.3) is 0 Å². The molecule has 2 aromatic rings. The number of anilines is 1. The van der Waals surface area contributed by atoms with E-state index in [2.05, 4.69) is 10.6 Å². The molecule has 0 fully saturated rings. The Morgan fingerprint density at radius 1 is 1.10 bits per heavy atom. The fraction of sp³-hybridized carbons (Fsp3) is 0.125. The first-order valence-electron chi connectivity index (χ1n) is 6.09. The molecule has 0 unspecified atom stereocenters. The SMILES string of the molecule is C#Cc1cccc(NS(=O)(=O)c2ccc(C)cc2C)c1. The van der Waals surface area contributed by atoms with Gasteiger partial charge < -0.3 is 0 Å². The van der Waals surface area contributed by atoms with E-state index in [0.29, 0.717) is 16.8 Å². The zero-order chi connectivity index (χ0) is 14.8. The van der Waals surface area contributed by atoms with Crippen LogP contribution in [0, 0.1) is 26.2 Å². The summed E-state index contributed by atoms with van der Waals surface area (Å²) in [5.41, 5.74) is 2.83. The van der Waals surface area contributed by atoms with Crippen molar-refractivity contribution in [3.63, 3.8) is 0 Å². The molecule has 0 spiro atoms. The average Bonchev–Trinajstić information content (AvgIpc) is 2.37. The zero-order valence-corrected chi connectivity index (χ0v) is 12.2. The van der Waals surface area contributed by atoms with Crippen LogP contribution in [0.3, 0.4) is 0 Å². The Morgan fingerprint density at radius 3 is 2.50 bits per heavy atom. The van der Waals surface area contributed by atoms with Gasteiger partial charge in [0.1, 0.15) is 0 Å². The monoisotopic (exact) mass is 285 g/mol. The fourth-order valence-electron chi connectivity index (χ4n) is 1.98. The minimum absolute atomic E-state index is 0.272. The lowest BCUT2D eigenvalue weighted by molar-refractivity contribution is 0.600. The highest BCUT2D eigenvalue weighted by Gasteiger charge is 2.16. The van der Waals surface area contributed by atoms with E-state index in [9.17, 15) is 8.42 Å². The van der Waals surface area contributed by atoms with E-state index in [-0.39, 0.29) is 4.90 Å². The summed E-state index contributed by atoms with van der Waals surface area (Å²) >= 11 is 0. The van der Waals surface area contributed by atoms with E-state index < -0.39 is 10.0 Å². The van der Waals surface area contributed by atoms with Gasteiger partial charge >= 0.3 is 0 Å². The molecule has 0 radical (unpaired) electrons. The van der Waals surface area contributed by atoms with E-state index in [1.54, 1.807) is 43.3 Å². The van der Waals surface area contributed by atoms with Crippen molar-refractivity contribution in [3.8, 4) is 12.3 Å². The molecule has 2 rings (SSSR count). The van der Waals surface area contributed by atoms with Crippen LogP contribution in [0.2, 0.25) is 0 Å². The topological polar surface area (TPSA) is 46.2 Å². The number of benzene rings is 2. The van der Waals surface area contributed by atoms with Gasteiger partial charge in [-0.1, -0.05) is 29.7 Å². The normalized spacial score (nSPS) is 10.8. The lowest BCUT2D eigenvalue weighted by Gasteiger charge is -2.11. The average molecular weight is 285 g/mol. The van der Waals surface area contributed by atoms with Crippen LogP contribution < -0.4 is 4.72 Å². The first-order valence-corrected chi connectivity index (χ1v) is 7.57. The standard InChI is InChI=1S/C16H15NO2S/c1-4-14-6-5-7-15(11-14)17-20(18,19)16-9-8-12(2)10-13(16)3/h1,5-11,17H,2-3H3. The molecule has 102 valence electrons. The summed E-state index contributed by atoms with van der Waals surface area (Å²) in [5, 5.41) is 0. The highest BCUT2D eigenvalue weighted by Crippen LogP contribution is 2.20. The van der Waals surface area contributed by atoms with Crippen molar-refractivity contribution >= 4 is 15.7 Å². The van der Waals surface area contributed by atoms with Gasteiger partial charge in [0.15, 0.2) is 0 Å². The summed E-state index contributed by atoms with van der Waals surface area (Å²) in [6, 6.07) is 12.0. The Kier molecular flexibility index (Phi) is 3.82. The van der Waals surface area contributed by atoms with Crippen molar-refractivity contribution in [1.29, 1.82) is 0 Å². The Balaban J connectivity index is 2.38. The predicted octanol–water partition coefficient (Wildman–Crippen LogP) is 3.09. The largest absolute Gasteiger partial charge is 0.280 e. The van der Waals surface area contributed by atoms with Gasteiger partial charge in [0.05, 0.1) is 10.6 Å². The third-order valence-electron chi connectivity index (χ3n) is 2.90. The van der Waals surface area contributed by atoms with Gasteiger partial charge in [0.2, 0.25) is 0 Å². The lowest BCUT2D eigenvalue weighted by atomic mass is 10.2. The van der Waals surface area contributed by atoms with Crippen molar-refractivity contribution in [2.24, 2.45) is 0 Å². The molecule has 0 atom stereocenters. The quantitative estimate of drug-likeness (QED) is 0.881. The Hall–Kier alpha value is -2.25. The minimum Gasteiger partial charge on any atom is -0.280 e. The van der Waals surface area contributed by atoms with Crippen LogP contribution in [-0.4, -0.2) is 8.42 Å². The summed E-state index contributed by atoms with van der Waals surface area (Å²) in [5.74, 6) is 2.48. The van der Waals surface area contributed by atoms with E-state index in [1.807, 2.05) is 13.0 Å². The Morgan fingerprint density at radius 2 is 1.85 bits per heavy atom. The number of nitrogens with one attached hydrogen (secondary N) is 1. The molecule has 0 heterocycles. The smallest absolute Gasteiger partial charge is 0.262 e. The van der Waals surface area contributed by atoms with Gasteiger partial charge in [-0.25, -0.2) is 8.42 Å². The molecule has 3 nitrogen and oxygen atoms in total. The van der Waals surface area contributed by atoms with Crippen molar-refractivity contribution in [2.45, 2.75) is 18.7 Å². The van der Waals surface area contributed by atoms with Crippen molar-refractivity contribution in [2.75, 3.05) is 4.72 Å². The van der Waals surface area contributed by atoms with Crippen LogP contribution in [-0.2, 0) is 10.0 Å². The minimum atomic E-state index is -3.60. The second-order valence-electron chi connectivity index (χ2n) is 4.60. The van der Waals surface area contributed by atoms with Gasteiger partial charge in [0.25, 0.3) is 10.0 Å². The highest BCUT2D eigenvalue weighted by molar-refractivity contribution is 7.92. The summed E-state index contributed by atoms with van der Waals surface area (Å²) in [7, 11) is -3.60. The second kappa shape index (κ2) is 5.40. The van der Waals surface area contributed by atoms with Crippen molar-refractivity contribution < 1.29 is 8.42 Å². The third kappa shape index (κ3) is 3.01. The van der Waals surface area contributed by atoms with Crippen molar-refractivity contribution in [3.05, 3.63) is 59.2 Å². The van der Waals surface area contributed by atoms with Gasteiger partial charge in [-0.2, -0.15) is 0 Å². The summed E-state index contributed by atoms with van der Waals surface area (Å²) in [4.78, 5) is 0.272. The van der Waals surface area contributed by atoms with Gasteiger partial charge in [-0.3, -0.25) is 4.72 Å². The maximum atomic E-state index is 12.4. The van der Waals surface area contributed by atoms with E-state index >= 15 is 0 Å². The number of hydrogen-bond acceptors (Lipinski definition) is 2. The number of hydrogen-bond donors (Lipinski definition) is 1. The molecule has 0 bridgehead atoms. The molecule has 0 aliphatic carbocycles. The molecule has 2 aromatic carbocycles. The van der Waals surface area contributed by atoms with Crippen LogP contribution >= 0.6 is 0 Å². The molecule has 0 saturated carbocycles. The fourth-order valence-corrected chi connectivity index (χ4v) is 3.26. The number of rotatable bonds is 3. The molecular formula is C16H15NO2S. The van der Waals surface area contributed by atoms with Crippen LogP contribution in [0.1, 0.15) is 16.7 Å². The van der Waals surface area contributed by atoms with Crippen LogP contribution in [0.5, 0.6) is 0 Å². The van der Waals surface area contributed by atoms with E-state index in [4.69, 9.17) is 6.42 Å². The first kappa shape index (κ1) is 14.2. The molecule has 0 amide bonds. The van der Waals surface area contributed by atoms with Gasteiger partial charge in [-0.05, 0) is 43.7 Å². The molecule has 20 heavy (non-hydrogen) atoms. The molecule has 0 aliphatic heterocycles. The number of sulfonamides is 1. The summed E-state index contributed by atoms with van der Waals surface area (Å²) in [6.45, 7) is 3.70. The highest BCUT2D eigenvalue weighted by atomic mass is 32.2. The summed E-state index contributed by atoms with van der Waals surface area (Å²) < 4.78 is 27.3. The summed E-state index contributed by atoms with van der Waals surface area (Å²) in [6.07, 6.45) is 5.31. The first-order chi connectivity index (χ1) is 9.42. The molecule has 4 heteroatoms. The molecule has 0 aliphatic rings. The zero-order valence-electron chi connectivity index (χ0n) is 11.3. The van der Waals surface area contributed by atoms with Crippen LogP contribution in [0.4, 0.5) is 5.69 Å². The third-order valence-corrected chi connectivity index (χ3v) is 4.44. The van der Waals surface area contributed by atoms with Crippen LogP contribution in [0.15, 0.2) is 47.4 Å². The second-order valence-corrected chi connectivity index (χ2v) is 6.25. The Bertz CT molecular complexity index is 786. The van der Waals surface area contributed by atoms with Gasteiger partial charge in [-0.15, -0.1) is 6.42 Å². The van der Waals surface area contributed by atoms with E-state index in [0.717, 1.165) is 5.56 Å². The molecule has 1 N–H and O–H groups in total. The van der Waals surface area contributed by atoms with Crippen molar-refractivity contribution in [1.82, 2.24) is 0 Å². The predicted molar refractivity (Wildman–Crippen MR) is 81.1 cm³/mol. The van der Waals surface area contributed by atoms with Gasteiger partial charge in [0, 0.05) is 5.56 Å². The maximum absolute atomic E-state index is 12.4. The lowest BCUT2D eigenvalue weighted by Crippen LogP contribution is -2.14.